The van der Waals surface area contributed by atoms with Crippen molar-refractivity contribution in [1.29, 1.82) is 5.26 Å². The molecule has 1 atom stereocenters. The molecule has 0 unspecified atom stereocenters. The Morgan fingerprint density at radius 3 is 2.37 bits per heavy atom. The third-order valence-corrected chi connectivity index (χ3v) is 7.58. The van der Waals surface area contributed by atoms with Gasteiger partial charge in [0.05, 0.1) is 38.7 Å². The predicted octanol–water partition coefficient (Wildman–Crippen LogP) is 3.52. The van der Waals surface area contributed by atoms with Gasteiger partial charge in [-0.05, 0) is 42.5 Å². The molecule has 0 heterocycles. The second kappa shape index (κ2) is 14.7. The Morgan fingerprint density at radius 2 is 1.76 bits per heavy atom. The molecule has 9 nitrogen and oxygen atoms in total. The van der Waals surface area contributed by atoms with E-state index in [4.69, 9.17) is 50.5 Å². The number of nitrogens with one attached hydrogen (secondary N) is 3. The van der Waals surface area contributed by atoms with Gasteiger partial charge in [-0.3, -0.25) is 14.3 Å². The van der Waals surface area contributed by atoms with Crippen molar-refractivity contribution in [3.63, 3.8) is 0 Å². The molecule has 15 heteroatoms. The molecule has 0 aromatic heterocycles. The smallest absolute Gasteiger partial charge is 0.667 e. The molecule has 0 radical (unpaired) electrons. The summed E-state index contributed by atoms with van der Waals surface area (Å²) < 4.78 is 47.7. The molecule has 3 aromatic rings. The number of sulfonamides is 1. The SMILES string of the molecule is CC(C)[C@H]([NH-])C(=O)NS(=O)(=O)c1ccc(NC(=O)Cc2ccc(Cl)c(Oc3cc(Cl)cc(C#N)c3)c2F)c(Cl)c1.[Na+]. The van der Waals surface area contributed by atoms with Crippen molar-refractivity contribution in [1.82, 2.24) is 4.72 Å². The Morgan fingerprint density at radius 1 is 1.07 bits per heavy atom. The number of hydrogen-bond acceptors (Lipinski definition) is 6. The maximum atomic E-state index is 15.2. The Hall–Kier alpha value is -2.40. The summed E-state index contributed by atoms with van der Waals surface area (Å²) in [7, 11) is -4.32. The van der Waals surface area contributed by atoms with Crippen molar-refractivity contribution in [2.75, 3.05) is 5.32 Å². The number of hydrogen-bond donors (Lipinski definition) is 2. The van der Waals surface area contributed by atoms with E-state index < -0.39 is 46.0 Å². The van der Waals surface area contributed by atoms with Crippen LogP contribution < -0.4 is 44.3 Å². The van der Waals surface area contributed by atoms with Gasteiger partial charge in [0.1, 0.15) is 5.75 Å². The van der Waals surface area contributed by atoms with Gasteiger partial charge >= 0.3 is 29.6 Å². The Balaban J connectivity index is 0.00000588. The summed E-state index contributed by atoms with van der Waals surface area (Å²) in [6.45, 7) is 3.21. The summed E-state index contributed by atoms with van der Waals surface area (Å²) >= 11 is 18.2. The number of halogens is 4. The van der Waals surface area contributed by atoms with Gasteiger partial charge in [-0.25, -0.2) is 12.8 Å². The van der Waals surface area contributed by atoms with Gasteiger partial charge in [-0.2, -0.15) is 5.26 Å². The zero-order valence-corrected chi connectivity index (χ0v) is 27.0. The van der Waals surface area contributed by atoms with Crippen LogP contribution in [0.3, 0.4) is 0 Å². The van der Waals surface area contributed by atoms with Crippen molar-refractivity contribution in [2.24, 2.45) is 5.92 Å². The molecular formula is C26H21Cl3FN4NaO5S. The van der Waals surface area contributed by atoms with Crippen LogP contribution in [0.5, 0.6) is 11.5 Å². The Bertz CT molecular complexity index is 1630. The van der Waals surface area contributed by atoms with Gasteiger partial charge in [0, 0.05) is 10.6 Å². The molecule has 3 aromatic carbocycles. The molecule has 0 aliphatic heterocycles. The second-order valence-corrected chi connectivity index (χ2v) is 11.7. The quantitative estimate of drug-likeness (QED) is 0.339. The number of ether oxygens (including phenoxy) is 1. The predicted molar refractivity (Wildman–Crippen MR) is 150 cm³/mol. The third kappa shape index (κ3) is 9.04. The molecule has 0 aliphatic rings. The minimum atomic E-state index is -4.32. The summed E-state index contributed by atoms with van der Waals surface area (Å²) in [5.41, 5.74) is 7.87. The van der Waals surface area contributed by atoms with Gasteiger partial charge in [-0.15, -0.1) is 0 Å². The van der Waals surface area contributed by atoms with Crippen molar-refractivity contribution < 1.29 is 56.7 Å². The van der Waals surface area contributed by atoms with E-state index in [2.05, 4.69) is 5.32 Å². The maximum absolute atomic E-state index is 15.2. The van der Waals surface area contributed by atoms with Gasteiger partial charge in [-0.1, -0.05) is 66.7 Å². The topological polar surface area (TPSA) is 149 Å². The first-order valence-corrected chi connectivity index (χ1v) is 14.1. The van der Waals surface area contributed by atoms with E-state index in [1.54, 1.807) is 13.8 Å². The van der Waals surface area contributed by atoms with Crippen LogP contribution >= 0.6 is 34.8 Å². The average Bonchev–Trinajstić information content (AvgIpc) is 2.88. The van der Waals surface area contributed by atoms with Crippen LogP contribution in [0.4, 0.5) is 10.1 Å². The summed E-state index contributed by atoms with van der Waals surface area (Å²) in [6, 6.07) is 10.7. The molecule has 210 valence electrons. The van der Waals surface area contributed by atoms with Crippen molar-refractivity contribution in [2.45, 2.75) is 31.2 Å². The Kier molecular flexibility index (Phi) is 12.4. The molecule has 0 saturated carbocycles. The van der Waals surface area contributed by atoms with Crippen molar-refractivity contribution in [3.05, 3.63) is 86.3 Å². The number of anilines is 1. The van der Waals surface area contributed by atoms with Crippen LogP contribution in [-0.4, -0.2) is 26.3 Å². The maximum Gasteiger partial charge on any atom is 1.00 e. The van der Waals surface area contributed by atoms with Crippen LogP contribution in [0.15, 0.2) is 53.4 Å². The molecule has 0 fully saturated rings. The number of nitrogens with zero attached hydrogens (tertiary/aromatic N) is 1. The van der Waals surface area contributed by atoms with Crippen molar-refractivity contribution >= 4 is 62.3 Å². The molecule has 0 bridgehead atoms. The van der Waals surface area contributed by atoms with E-state index in [0.717, 1.165) is 12.1 Å². The molecule has 2 amide bonds. The normalized spacial score (nSPS) is 11.7. The molecule has 0 aliphatic carbocycles. The number of carbonyl (C=O) groups excluding carboxylic acids is 2. The van der Waals surface area contributed by atoms with E-state index in [-0.39, 0.29) is 77.8 Å². The third-order valence-electron chi connectivity index (χ3n) is 5.41. The monoisotopic (exact) mass is 648 g/mol. The zero-order valence-electron chi connectivity index (χ0n) is 21.9. The molecule has 41 heavy (non-hydrogen) atoms. The first kappa shape index (κ1) is 34.8. The van der Waals surface area contributed by atoms with Crippen LogP contribution in [0.1, 0.15) is 25.0 Å². The summed E-state index contributed by atoms with van der Waals surface area (Å²) in [5, 5.41) is 11.5. The first-order valence-electron chi connectivity index (χ1n) is 11.4. The fourth-order valence-corrected chi connectivity index (χ4v) is 5.03. The minimum Gasteiger partial charge on any atom is -0.667 e. The van der Waals surface area contributed by atoms with E-state index in [1.807, 2.05) is 10.8 Å². The summed E-state index contributed by atoms with van der Waals surface area (Å²) in [6.07, 6.45) is -0.467. The van der Waals surface area contributed by atoms with Gasteiger partial charge in [0.2, 0.25) is 11.8 Å². The number of carbonyl (C=O) groups is 2. The average molecular weight is 650 g/mol. The second-order valence-electron chi connectivity index (χ2n) is 8.80. The fraction of sp³-hybridized carbons (Fsp3) is 0.192. The molecular weight excluding hydrogens is 629 g/mol. The van der Waals surface area contributed by atoms with Gasteiger partial charge in [0.25, 0.3) is 10.0 Å². The largest absolute Gasteiger partial charge is 1.00 e. The van der Waals surface area contributed by atoms with Crippen LogP contribution in [0.25, 0.3) is 5.73 Å². The number of nitriles is 1. The number of benzene rings is 3. The van der Waals surface area contributed by atoms with E-state index in [0.29, 0.717) is 0 Å². The molecule has 0 spiro atoms. The first-order chi connectivity index (χ1) is 18.7. The molecule has 3 N–H and O–H groups in total. The summed E-state index contributed by atoms with van der Waals surface area (Å²) in [4.78, 5) is 24.3. The van der Waals surface area contributed by atoms with Crippen LogP contribution in [0.2, 0.25) is 15.1 Å². The molecule has 3 rings (SSSR count). The van der Waals surface area contributed by atoms with Crippen LogP contribution in [0, 0.1) is 23.1 Å². The van der Waals surface area contributed by atoms with Crippen LogP contribution in [-0.2, 0) is 26.0 Å². The fourth-order valence-electron chi connectivity index (χ4n) is 3.30. The molecule has 0 saturated heterocycles. The minimum absolute atomic E-state index is 0. The Labute approximate surface area is 273 Å². The van der Waals surface area contributed by atoms with E-state index >= 15 is 4.39 Å². The van der Waals surface area contributed by atoms with E-state index in [1.165, 1.54) is 36.4 Å². The van der Waals surface area contributed by atoms with E-state index in [9.17, 15) is 18.0 Å². The summed E-state index contributed by atoms with van der Waals surface area (Å²) in [5.74, 6) is -3.32. The van der Waals surface area contributed by atoms with Gasteiger partial charge in [0.15, 0.2) is 11.6 Å². The standard InChI is InChI=1S/C26H21Cl3FN4O5S.Na/c1-13(2)24(32)26(36)34-40(37,38)18-4-6-21(20(29)11-18)33-22(35)9-15-3-5-19(28)25(23(15)30)39-17-8-14(12-31)7-16(27)10-17;/h3-8,10-11,13,24,32H,9H2,1-2H3,(H,33,35)(H,34,36);/q-1;+1/t24-;/m0./s1. The zero-order chi connectivity index (χ0) is 29.8. The number of amides is 2. The van der Waals surface area contributed by atoms with Crippen molar-refractivity contribution in [3.8, 4) is 17.6 Å². The number of rotatable bonds is 9. The van der Waals surface area contributed by atoms with Gasteiger partial charge < -0.3 is 15.8 Å².